The standard InChI is InChI=1S/C13H15FN2OS/c1-17-11-6-9(4-5-10(11)14)16-13-15-7-12(18-13)8-2-3-8/h4-6,8,12H,2-3,7H2,1H3,(H,15,16). The molecule has 1 aliphatic carbocycles. The van der Waals surface area contributed by atoms with Crippen molar-refractivity contribution < 1.29 is 9.13 Å². The van der Waals surface area contributed by atoms with Gasteiger partial charge in [-0.1, -0.05) is 11.8 Å². The number of aliphatic imine (C=N–C) groups is 1. The second-order valence-corrected chi connectivity index (χ2v) is 5.84. The van der Waals surface area contributed by atoms with Crippen LogP contribution < -0.4 is 10.1 Å². The molecule has 1 heterocycles. The molecule has 1 aromatic rings. The first-order valence-corrected chi connectivity index (χ1v) is 6.96. The molecule has 5 heteroatoms. The van der Waals surface area contributed by atoms with Gasteiger partial charge in [0.15, 0.2) is 16.7 Å². The van der Waals surface area contributed by atoms with Crippen molar-refractivity contribution in [1.29, 1.82) is 0 Å². The van der Waals surface area contributed by atoms with Gasteiger partial charge in [0.25, 0.3) is 0 Å². The maximum atomic E-state index is 13.3. The smallest absolute Gasteiger partial charge is 0.165 e. The Labute approximate surface area is 110 Å². The number of ether oxygens (including phenoxy) is 1. The molecule has 1 atom stereocenters. The summed E-state index contributed by atoms with van der Waals surface area (Å²) in [7, 11) is 1.47. The Morgan fingerprint density at radius 2 is 2.28 bits per heavy atom. The molecule has 96 valence electrons. The van der Waals surface area contributed by atoms with Gasteiger partial charge in [-0.3, -0.25) is 4.99 Å². The van der Waals surface area contributed by atoms with E-state index in [0.29, 0.717) is 5.25 Å². The number of anilines is 1. The molecule has 0 saturated heterocycles. The summed E-state index contributed by atoms with van der Waals surface area (Å²) >= 11 is 1.80. The molecule has 3 nitrogen and oxygen atoms in total. The fraction of sp³-hybridized carbons (Fsp3) is 0.462. The van der Waals surface area contributed by atoms with E-state index >= 15 is 0 Å². The highest BCUT2D eigenvalue weighted by Crippen LogP contribution is 2.42. The normalized spacial score (nSPS) is 22.8. The summed E-state index contributed by atoms with van der Waals surface area (Å²) in [6, 6.07) is 4.76. The molecule has 3 rings (SSSR count). The van der Waals surface area contributed by atoms with Crippen molar-refractivity contribution in [3.05, 3.63) is 24.0 Å². The monoisotopic (exact) mass is 266 g/mol. The van der Waals surface area contributed by atoms with Crippen molar-refractivity contribution in [3.63, 3.8) is 0 Å². The molecule has 1 unspecified atom stereocenters. The van der Waals surface area contributed by atoms with E-state index in [2.05, 4.69) is 10.3 Å². The summed E-state index contributed by atoms with van der Waals surface area (Å²) in [6.45, 7) is 0.899. The van der Waals surface area contributed by atoms with Crippen molar-refractivity contribution >= 4 is 22.6 Å². The average Bonchev–Trinajstić information content (AvgIpc) is 3.13. The van der Waals surface area contributed by atoms with E-state index in [1.807, 2.05) is 0 Å². The van der Waals surface area contributed by atoms with E-state index in [9.17, 15) is 4.39 Å². The van der Waals surface area contributed by atoms with Crippen LogP contribution in [0.5, 0.6) is 5.75 Å². The maximum absolute atomic E-state index is 13.3. The van der Waals surface area contributed by atoms with Crippen LogP contribution in [0.1, 0.15) is 12.8 Å². The summed E-state index contributed by atoms with van der Waals surface area (Å²) < 4.78 is 18.2. The fourth-order valence-corrected chi connectivity index (χ4v) is 3.26. The van der Waals surface area contributed by atoms with E-state index in [1.165, 1.54) is 26.0 Å². The number of benzene rings is 1. The van der Waals surface area contributed by atoms with Crippen molar-refractivity contribution in [1.82, 2.24) is 0 Å². The number of nitrogens with one attached hydrogen (secondary N) is 1. The first-order chi connectivity index (χ1) is 8.76. The van der Waals surface area contributed by atoms with Crippen LogP contribution in [-0.4, -0.2) is 24.1 Å². The number of hydrogen-bond acceptors (Lipinski definition) is 4. The largest absolute Gasteiger partial charge is 0.494 e. The molecule has 0 spiro atoms. The minimum Gasteiger partial charge on any atom is -0.494 e. The van der Waals surface area contributed by atoms with Gasteiger partial charge in [-0.25, -0.2) is 4.39 Å². The first kappa shape index (κ1) is 11.8. The van der Waals surface area contributed by atoms with Gasteiger partial charge in [0.1, 0.15) is 0 Å². The Hall–Kier alpha value is -1.23. The SMILES string of the molecule is COc1cc(NC2=NCC(C3CC3)S2)ccc1F. The number of nitrogens with zero attached hydrogens (tertiary/aromatic N) is 1. The Balaban J connectivity index is 1.65. The minimum atomic E-state index is -0.347. The zero-order chi connectivity index (χ0) is 12.5. The second kappa shape index (κ2) is 4.80. The van der Waals surface area contributed by atoms with E-state index in [-0.39, 0.29) is 11.6 Å². The van der Waals surface area contributed by atoms with Crippen molar-refractivity contribution in [2.75, 3.05) is 19.0 Å². The van der Waals surface area contributed by atoms with Crippen molar-refractivity contribution in [2.45, 2.75) is 18.1 Å². The quantitative estimate of drug-likeness (QED) is 0.912. The van der Waals surface area contributed by atoms with Gasteiger partial charge >= 0.3 is 0 Å². The number of rotatable bonds is 3. The van der Waals surface area contributed by atoms with E-state index in [1.54, 1.807) is 23.9 Å². The summed E-state index contributed by atoms with van der Waals surface area (Å²) in [6.07, 6.45) is 2.68. The number of thioether (sulfide) groups is 1. The lowest BCUT2D eigenvalue weighted by Gasteiger charge is -2.09. The lowest BCUT2D eigenvalue weighted by atomic mass is 10.3. The van der Waals surface area contributed by atoms with Crippen LogP contribution in [0.3, 0.4) is 0 Å². The van der Waals surface area contributed by atoms with Crippen molar-refractivity contribution in [3.8, 4) is 5.75 Å². The Bertz CT molecular complexity index is 488. The van der Waals surface area contributed by atoms with Gasteiger partial charge < -0.3 is 10.1 Å². The molecule has 1 aliphatic heterocycles. The number of amidine groups is 1. The van der Waals surface area contributed by atoms with Crippen LogP contribution in [0, 0.1) is 11.7 Å². The van der Waals surface area contributed by atoms with E-state index in [0.717, 1.165) is 23.3 Å². The predicted molar refractivity (Wildman–Crippen MR) is 73.0 cm³/mol. The Kier molecular flexibility index (Phi) is 3.16. The molecule has 0 radical (unpaired) electrons. The third kappa shape index (κ3) is 2.46. The van der Waals surface area contributed by atoms with Crippen LogP contribution in [0.25, 0.3) is 0 Å². The molecule has 1 N–H and O–H groups in total. The van der Waals surface area contributed by atoms with Gasteiger partial charge in [-0.15, -0.1) is 0 Å². The van der Waals surface area contributed by atoms with Crippen molar-refractivity contribution in [2.24, 2.45) is 10.9 Å². The molecule has 1 saturated carbocycles. The third-order valence-corrected chi connectivity index (χ3v) is 4.52. The summed E-state index contributed by atoms with van der Waals surface area (Å²) in [5.41, 5.74) is 0.816. The first-order valence-electron chi connectivity index (χ1n) is 6.08. The average molecular weight is 266 g/mol. The van der Waals surface area contributed by atoms with Gasteiger partial charge in [0.05, 0.1) is 13.7 Å². The van der Waals surface area contributed by atoms with Crippen LogP contribution in [-0.2, 0) is 0 Å². The Morgan fingerprint density at radius 1 is 1.44 bits per heavy atom. The molecule has 1 fully saturated rings. The van der Waals surface area contributed by atoms with Gasteiger partial charge in [-0.05, 0) is 30.9 Å². The fourth-order valence-electron chi connectivity index (χ4n) is 2.03. The van der Waals surface area contributed by atoms with Gasteiger partial charge in [-0.2, -0.15) is 0 Å². The number of methoxy groups -OCH3 is 1. The van der Waals surface area contributed by atoms with Gasteiger partial charge in [0, 0.05) is 17.0 Å². The topological polar surface area (TPSA) is 33.6 Å². The molecule has 1 aromatic carbocycles. The van der Waals surface area contributed by atoms with Crippen LogP contribution in [0.15, 0.2) is 23.2 Å². The lowest BCUT2D eigenvalue weighted by Crippen LogP contribution is -2.09. The zero-order valence-electron chi connectivity index (χ0n) is 10.1. The highest BCUT2D eigenvalue weighted by atomic mass is 32.2. The number of hydrogen-bond donors (Lipinski definition) is 1. The van der Waals surface area contributed by atoms with Gasteiger partial charge in [0.2, 0.25) is 0 Å². The van der Waals surface area contributed by atoms with E-state index < -0.39 is 0 Å². The van der Waals surface area contributed by atoms with Crippen LogP contribution in [0.4, 0.5) is 10.1 Å². The molecular formula is C13H15FN2OS. The van der Waals surface area contributed by atoms with E-state index in [4.69, 9.17) is 4.74 Å². The summed E-state index contributed by atoms with van der Waals surface area (Å²) in [4.78, 5) is 4.49. The summed E-state index contributed by atoms with van der Waals surface area (Å²) in [5, 5.41) is 4.79. The highest BCUT2D eigenvalue weighted by molar-refractivity contribution is 8.15. The van der Waals surface area contributed by atoms with Crippen LogP contribution >= 0.6 is 11.8 Å². The minimum absolute atomic E-state index is 0.252. The highest BCUT2D eigenvalue weighted by Gasteiger charge is 2.35. The molecule has 0 amide bonds. The third-order valence-electron chi connectivity index (χ3n) is 3.23. The molecule has 2 aliphatic rings. The second-order valence-electron chi connectivity index (χ2n) is 4.61. The molecular weight excluding hydrogens is 251 g/mol. The predicted octanol–water partition coefficient (Wildman–Crippen LogP) is 3.13. The van der Waals surface area contributed by atoms with Crippen LogP contribution in [0.2, 0.25) is 0 Å². The molecule has 0 aromatic heterocycles. The molecule has 0 bridgehead atoms. The molecule has 18 heavy (non-hydrogen) atoms. The lowest BCUT2D eigenvalue weighted by molar-refractivity contribution is 0.387. The number of halogens is 1. The summed E-state index contributed by atoms with van der Waals surface area (Å²) in [5.74, 6) is 0.753. The zero-order valence-corrected chi connectivity index (χ0v) is 11.0. The Morgan fingerprint density at radius 3 is 3.00 bits per heavy atom. The maximum Gasteiger partial charge on any atom is 0.165 e.